The molecule has 0 radical (unpaired) electrons. The maximum atomic E-state index is 10.6. The molecule has 0 spiro atoms. The van der Waals surface area contributed by atoms with E-state index in [0.29, 0.717) is 15.7 Å². The zero-order chi connectivity index (χ0) is 12.1. The van der Waals surface area contributed by atoms with Crippen LogP contribution in [0.1, 0.15) is 0 Å². The molecule has 0 bridgehead atoms. The highest BCUT2D eigenvalue weighted by Crippen LogP contribution is 2.26. The molecule has 0 aromatic heterocycles. The Labute approximate surface area is 103 Å². The highest BCUT2D eigenvalue weighted by Gasteiger charge is 2.11. The first-order chi connectivity index (χ1) is 7.54. The highest BCUT2D eigenvalue weighted by molar-refractivity contribution is 6.42. The first-order valence-corrected chi connectivity index (χ1v) is 5.09. The Balaban J connectivity index is 2.97. The molecule has 0 aliphatic rings. The Bertz CT molecular complexity index is 443. The van der Waals surface area contributed by atoms with Gasteiger partial charge in [-0.05, 0) is 18.2 Å². The van der Waals surface area contributed by atoms with Crippen LogP contribution in [0.5, 0.6) is 0 Å². The van der Waals surface area contributed by atoms with Gasteiger partial charge in [0.15, 0.2) is 0 Å². The highest BCUT2D eigenvalue weighted by atomic mass is 35.5. The molecule has 1 aromatic rings. The molecule has 0 aliphatic heterocycles. The summed E-state index contributed by atoms with van der Waals surface area (Å²) in [7, 11) is 0. The van der Waals surface area contributed by atoms with Crippen LogP contribution < -0.4 is 4.90 Å². The number of benzene rings is 1. The number of hydrogen-bond acceptors (Lipinski definition) is 3. The van der Waals surface area contributed by atoms with Crippen LogP contribution in [-0.2, 0) is 4.79 Å². The fourth-order valence-electron chi connectivity index (χ4n) is 1.17. The van der Waals surface area contributed by atoms with Gasteiger partial charge in [0.2, 0.25) is 0 Å². The molecule has 0 fully saturated rings. The van der Waals surface area contributed by atoms with Gasteiger partial charge in [0.1, 0.15) is 13.1 Å². The third-order valence-corrected chi connectivity index (χ3v) is 2.60. The van der Waals surface area contributed by atoms with E-state index in [-0.39, 0.29) is 13.1 Å². The van der Waals surface area contributed by atoms with E-state index in [1.54, 1.807) is 12.1 Å². The molecule has 0 atom stereocenters. The Morgan fingerprint density at radius 2 is 2.12 bits per heavy atom. The molecule has 0 aliphatic carbocycles. The van der Waals surface area contributed by atoms with Crippen molar-refractivity contribution in [2.45, 2.75) is 0 Å². The number of carboxylic acids is 1. The van der Waals surface area contributed by atoms with Gasteiger partial charge in [-0.15, -0.1) is 0 Å². The van der Waals surface area contributed by atoms with Crippen molar-refractivity contribution in [3.8, 4) is 6.07 Å². The van der Waals surface area contributed by atoms with Crippen LogP contribution in [0.4, 0.5) is 5.69 Å². The van der Waals surface area contributed by atoms with E-state index < -0.39 is 5.97 Å². The fraction of sp³-hybridized carbons (Fsp3) is 0.200. The second-order valence-corrected chi connectivity index (χ2v) is 3.82. The van der Waals surface area contributed by atoms with Crippen molar-refractivity contribution in [1.29, 1.82) is 5.26 Å². The van der Waals surface area contributed by atoms with Gasteiger partial charge < -0.3 is 10.0 Å². The minimum absolute atomic E-state index is 0.0236. The lowest BCUT2D eigenvalue weighted by Gasteiger charge is -2.19. The Morgan fingerprint density at radius 1 is 1.44 bits per heavy atom. The first-order valence-electron chi connectivity index (χ1n) is 4.33. The molecule has 0 amide bonds. The summed E-state index contributed by atoms with van der Waals surface area (Å²) in [6.45, 7) is -0.282. The SMILES string of the molecule is N#CCN(CC(=O)O)c1ccc(Cl)c(Cl)c1. The van der Waals surface area contributed by atoms with E-state index in [4.69, 9.17) is 33.6 Å². The maximum Gasteiger partial charge on any atom is 0.323 e. The van der Waals surface area contributed by atoms with Crippen LogP contribution in [0.25, 0.3) is 0 Å². The van der Waals surface area contributed by atoms with E-state index >= 15 is 0 Å². The van der Waals surface area contributed by atoms with Crippen molar-refractivity contribution in [3.05, 3.63) is 28.2 Å². The van der Waals surface area contributed by atoms with Crippen molar-refractivity contribution in [2.24, 2.45) is 0 Å². The third-order valence-electron chi connectivity index (χ3n) is 1.86. The number of nitrogens with zero attached hydrogens (tertiary/aromatic N) is 2. The molecule has 1 N–H and O–H groups in total. The third kappa shape index (κ3) is 3.30. The van der Waals surface area contributed by atoms with E-state index in [1.165, 1.54) is 11.0 Å². The van der Waals surface area contributed by atoms with Gasteiger partial charge in [0.05, 0.1) is 16.1 Å². The molecule has 4 nitrogen and oxygen atoms in total. The van der Waals surface area contributed by atoms with Gasteiger partial charge in [-0.3, -0.25) is 4.79 Å². The number of nitriles is 1. The lowest BCUT2D eigenvalue weighted by molar-refractivity contribution is -0.135. The second kappa shape index (κ2) is 5.59. The average molecular weight is 259 g/mol. The Morgan fingerprint density at radius 3 is 2.62 bits per heavy atom. The number of carboxylic acid groups (broad SMARTS) is 1. The molecule has 0 saturated heterocycles. The minimum atomic E-state index is -1.01. The van der Waals surface area contributed by atoms with Gasteiger partial charge in [-0.1, -0.05) is 23.2 Å². The van der Waals surface area contributed by atoms with Crippen molar-refractivity contribution < 1.29 is 9.90 Å². The largest absolute Gasteiger partial charge is 0.480 e. The van der Waals surface area contributed by atoms with Gasteiger partial charge in [-0.2, -0.15) is 5.26 Å². The number of rotatable bonds is 4. The summed E-state index contributed by atoms with van der Waals surface area (Å²) in [6, 6.07) is 6.60. The number of aliphatic carboxylic acids is 1. The van der Waals surface area contributed by atoms with Crippen LogP contribution in [0.2, 0.25) is 10.0 Å². The molecule has 16 heavy (non-hydrogen) atoms. The molecule has 84 valence electrons. The van der Waals surface area contributed by atoms with Gasteiger partial charge in [0.25, 0.3) is 0 Å². The van der Waals surface area contributed by atoms with Gasteiger partial charge in [0, 0.05) is 5.69 Å². The van der Waals surface area contributed by atoms with Crippen molar-refractivity contribution in [3.63, 3.8) is 0 Å². The minimum Gasteiger partial charge on any atom is -0.480 e. The van der Waals surface area contributed by atoms with Gasteiger partial charge >= 0.3 is 5.97 Å². The predicted molar refractivity (Wildman–Crippen MR) is 61.9 cm³/mol. The van der Waals surface area contributed by atoms with Crippen LogP contribution in [-0.4, -0.2) is 24.2 Å². The van der Waals surface area contributed by atoms with Crippen LogP contribution in [0, 0.1) is 11.3 Å². The van der Waals surface area contributed by atoms with E-state index in [0.717, 1.165) is 0 Å². The monoisotopic (exact) mass is 258 g/mol. The smallest absolute Gasteiger partial charge is 0.323 e. The van der Waals surface area contributed by atoms with E-state index in [2.05, 4.69) is 0 Å². The molecule has 1 aromatic carbocycles. The number of carbonyl (C=O) groups is 1. The average Bonchev–Trinajstić information content (AvgIpc) is 2.21. The quantitative estimate of drug-likeness (QED) is 0.843. The number of hydrogen-bond donors (Lipinski definition) is 1. The van der Waals surface area contributed by atoms with E-state index in [9.17, 15) is 4.79 Å². The zero-order valence-corrected chi connectivity index (χ0v) is 9.66. The summed E-state index contributed by atoms with van der Waals surface area (Å²) in [5.41, 5.74) is 0.554. The lowest BCUT2D eigenvalue weighted by Crippen LogP contribution is -2.29. The summed E-state index contributed by atoms with van der Waals surface area (Å²) >= 11 is 11.5. The standard InChI is InChI=1S/C10H8Cl2N2O2/c11-8-2-1-7(5-9(8)12)14(4-3-13)6-10(15)16/h1-2,5H,4,6H2,(H,15,16). The summed E-state index contributed by atoms with van der Waals surface area (Å²) in [4.78, 5) is 12.0. The van der Waals surface area contributed by atoms with Crippen LogP contribution in [0.15, 0.2) is 18.2 Å². The molecule has 0 saturated carbocycles. The van der Waals surface area contributed by atoms with Crippen molar-refractivity contribution >= 4 is 34.9 Å². The van der Waals surface area contributed by atoms with Gasteiger partial charge in [-0.25, -0.2) is 0 Å². The second-order valence-electron chi connectivity index (χ2n) is 3.01. The van der Waals surface area contributed by atoms with E-state index in [1.807, 2.05) is 6.07 Å². The van der Waals surface area contributed by atoms with Crippen molar-refractivity contribution in [1.82, 2.24) is 0 Å². The topological polar surface area (TPSA) is 64.3 Å². The number of halogens is 2. The molecule has 6 heteroatoms. The summed E-state index contributed by atoms with van der Waals surface area (Å²) in [5, 5.41) is 18.0. The molecular formula is C10H8Cl2N2O2. The van der Waals surface area contributed by atoms with Crippen LogP contribution >= 0.6 is 23.2 Å². The Kier molecular flexibility index (Phi) is 4.41. The maximum absolute atomic E-state index is 10.6. The summed E-state index contributed by atoms with van der Waals surface area (Å²) in [6.07, 6.45) is 0. The predicted octanol–water partition coefficient (Wildman–Crippen LogP) is 2.41. The van der Waals surface area contributed by atoms with Crippen molar-refractivity contribution in [2.75, 3.05) is 18.0 Å². The first kappa shape index (κ1) is 12.6. The zero-order valence-electron chi connectivity index (χ0n) is 8.15. The normalized spacial score (nSPS) is 9.56. The number of anilines is 1. The lowest BCUT2D eigenvalue weighted by atomic mass is 10.3. The molecule has 0 heterocycles. The molecular weight excluding hydrogens is 251 g/mol. The fourth-order valence-corrected chi connectivity index (χ4v) is 1.46. The molecule has 1 rings (SSSR count). The molecule has 0 unspecified atom stereocenters. The Hall–Kier alpha value is -1.44. The summed E-state index contributed by atoms with van der Waals surface area (Å²) in [5.74, 6) is -1.01. The summed E-state index contributed by atoms with van der Waals surface area (Å²) < 4.78 is 0. The van der Waals surface area contributed by atoms with Crippen LogP contribution in [0.3, 0.4) is 0 Å².